The molecule has 0 aliphatic carbocycles. The van der Waals surface area contributed by atoms with E-state index in [0.717, 1.165) is 10.9 Å². The third-order valence-electron chi connectivity index (χ3n) is 2.71. The van der Waals surface area contributed by atoms with Gasteiger partial charge in [-0.15, -0.1) is 11.3 Å². The Labute approximate surface area is 111 Å². The Morgan fingerprint density at radius 1 is 1.16 bits per heavy atom. The Morgan fingerprint density at radius 3 is 2.53 bits per heavy atom. The highest BCUT2D eigenvalue weighted by Gasteiger charge is 2.16. The van der Waals surface area contributed by atoms with Crippen LogP contribution in [0.5, 0.6) is 0 Å². The molecule has 0 aliphatic rings. The molecule has 0 saturated heterocycles. The van der Waals surface area contributed by atoms with E-state index in [0.29, 0.717) is 22.6 Å². The number of nitrogens with one attached hydrogen (secondary N) is 1. The van der Waals surface area contributed by atoms with Crippen molar-refractivity contribution in [3.63, 3.8) is 0 Å². The van der Waals surface area contributed by atoms with E-state index in [1.54, 1.807) is 0 Å². The van der Waals surface area contributed by atoms with E-state index >= 15 is 0 Å². The van der Waals surface area contributed by atoms with E-state index < -0.39 is 11.6 Å². The topological polar surface area (TPSA) is 54.7 Å². The number of anilines is 1. The Kier molecular flexibility index (Phi) is 2.79. The number of aromatic nitrogens is 2. The molecular weight excluding hydrogens is 268 g/mol. The minimum atomic E-state index is -0.639. The lowest BCUT2D eigenvalue weighted by molar-refractivity contribution is 0.584. The molecule has 96 valence electrons. The number of nitrogens with zero attached hydrogens (tertiary/aromatic N) is 1. The second kappa shape index (κ2) is 4.47. The third kappa shape index (κ3) is 2.10. The lowest BCUT2D eigenvalue weighted by Crippen LogP contribution is -1.88. The van der Waals surface area contributed by atoms with Crippen LogP contribution < -0.4 is 5.73 Å². The first-order valence-electron chi connectivity index (χ1n) is 5.49. The van der Waals surface area contributed by atoms with E-state index in [4.69, 9.17) is 5.73 Å². The molecule has 0 amide bonds. The van der Waals surface area contributed by atoms with Crippen LogP contribution in [-0.2, 0) is 0 Å². The summed E-state index contributed by atoms with van der Waals surface area (Å²) < 4.78 is 26.6. The molecule has 0 fully saturated rings. The molecule has 0 atom stereocenters. The number of H-pyrrole nitrogens is 1. The molecule has 0 radical (unpaired) electrons. The fraction of sp³-hybridized carbons (Fsp3) is 0. The average Bonchev–Trinajstić information content (AvgIpc) is 2.96. The standard InChI is InChI=1S/C13H9F2N3S/c14-8-4-7(5-9(15)6-8)12-11(13(16)18-17-12)10-2-1-3-19-10/h1-6H,(H3,16,17,18). The van der Waals surface area contributed by atoms with Gasteiger partial charge in [-0.3, -0.25) is 5.10 Å². The number of benzene rings is 1. The van der Waals surface area contributed by atoms with Gasteiger partial charge in [-0.05, 0) is 23.6 Å². The number of thiophene rings is 1. The number of hydrogen-bond donors (Lipinski definition) is 2. The third-order valence-corrected chi connectivity index (χ3v) is 3.60. The number of hydrogen-bond acceptors (Lipinski definition) is 3. The molecule has 2 heterocycles. The zero-order valence-corrected chi connectivity index (χ0v) is 10.5. The van der Waals surface area contributed by atoms with Crippen molar-refractivity contribution in [2.45, 2.75) is 0 Å². The van der Waals surface area contributed by atoms with Crippen molar-refractivity contribution >= 4 is 17.2 Å². The molecular formula is C13H9F2N3S. The van der Waals surface area contributed by atoms with Crippen molar-refractivity contribution in [1.82, 2.24) is 10.2 Å². The summed E-state index contributed by atoms with van der Waals surface area (Å²) in [4.78, 5) is 0.894. The highest BCUT2D eigenvalue weighted by Crippen LogP contribution is 2.37. The van der Waals surface area contributed by atoms with Crippen LogP contribution in [0, 0.1) is 11.6 Å². The Morgan fingerprint density at radius 2 is 1.89 bits per heavy atom. The van der Waals surface area contributed by atoms with E-state index in [-0.39, 0.29) is 0 Å². The van der Waals surface area contributed by atoms with Gasteiger partial charge < -0.3 is 5.73 Å². The highest BCUT2D eigenvalue weighted by atomic mass is 32.1. The summed E-state index contributed by atoms with van der Waals surface area (Å²) in [7, 11) is 0. The first-order chi connectivity index (χ1) is 9.15. The van der Waals surface area contributed by atoms with E-state index in [2.05, 4.69) is 10.2 Å². The largest absolute Gasteiger partial charge is 0.382 e. The monoisotopic (exact) mass is 277 g/mol. The molecule has 0 saturated carbocycles. The van der Waals surface area contributed by atoms with Crippen molar-refractivity contribution in [2.24, 2.45) is 0 Å². The van der Waals surface area contributed by atoms with Crippen molar-refractivity contribution in [2.75, 3.05) is 5.73 Å². The molecule has 0 spiro atoms. The summed E-state index contributed by atoms with van der Waals surface area (Å²) in [5, 5.41) is 8.55. The summed E-state index contributed by atoms with van der Waals surface area (Å²) in [6, 6.07) is 7.07. The summed E-state index contributed by atoms with van der Waals surface area (Å²) in [5.74, 6) is -0.970. The van der Waals surface area contributed by atoms with E-state index in [1.807, 2.05) is 17.5 Å². The maximum Gasteiger partial charge on any atom is 0.154 e. The highest BCUT2D eigenvalue weighted by molar-refractivity contribution is 7.13. The molecule has 6 heteroatoms. The maximum atomic E-state index is 13.3. The number of nitrogens with two attached hydrogens (primary N) is 1. The zero-order chi connectivity index (χ0) is 13.4. The molecule has 0 unspecified atom stereocenters. The Hall–Kier alpha value is -2.21. The van der Waals surface area contributed by atoms with Gasteiger partial charge in [-0.25, -0.2) is 8.78 Å². The zero-order valence-electron chi connectivity index (χ0n) is 9.65. The van der Waals surface area contributed by atoms with Crippen LogP contribution >= 0.6 is 11.3 Å². The fourth-order valence-electron chi connectivity index (χ4n) is 1.93. The first kappa shape index (κ1) is 11.9. The lowest BCUT2D eigenvalue weighted by Gasteiger charge is -2.03. The molecule has 2 aromatic heterocycles. The second-order valence-corrected chi connectivity index (χ2v) is 4.94. The molecule has 3 aromatic rings. The maximum absolute atomic E-state index is 13.3. The van der Waals surface area contributed by atoms with Crippen LogP contribution in [0.2, 0.25) is 0 Å². The lowest BCUT2D eigenvalue weighted by atomic mass is 10.1. The predicted octanol–water partition coefficient (Wildman–Crippen LogP) is 3.67. The summed E-state index contributed by atoms with van der Waals surface area (Å²) in [5.41, 5.74) is 7.38. The van der Waals surface area contributed by atoms with Crippen LogP contribution in [0.4, 0.5) is 14.6 Å². The van der Waals surface area contributed by atoms with Gasteiger partial charge >= 0.3 is 0 Å². The number of aromatic amines is 1. The fourth-order valence-corrected chi connectivity index (χ4v) is 2.72. The summed E-state index contributed by atoms with van der Waals surface area (Å²) >= 11 is 1.48. The molecule has 1 aromatic carbocycles. The summed E-state index contributed by atoms with van der Waals surface area (Å²) in [6.45, 7) is 0. The van der Waals surface area contributed by atoms with Crippen molar-refractivity contribution in [3.05, 3.63) is 47.3 Å². The molecule has 19 heavy (non-hydrogen) atoms. The molecule has 0 aliphatic heterocycles. The summed E-state index contributed by atoms with van der Waals surface area (Å²) in [6.07, 6.45) is 0. The van der Waals surface area contributed by atoms with E-state index in [1.165, 1.54) is 23.5 Å². The van der Waals surface area contributed by atoms with Crippen molar-refractivity contribution < 1.29 is 8.78 Å². The minimum absolute atomic E-state index is 0.308. The average molecular weight is 277 g/mol. The minimum Gasteiger partial charge on any atom is -0.382 e. The van der Waals surface area contributed by atoms with Gasteiger partial charge in [0.15, 0.2) is 5.82 Å². The van der Waals surface area contributed by atoms with Gasteiger partial charge in [0.2, 0.25) is 0 Å². The van der Waals surface area contributed by atoms with Gasteiger partial charge in [-0.1, -0.05) is 6.07 Å². The van der Waals surface area contributed by atoms with Crippen molar-refractivity contribution in [1.29, 1.82) is 0 Å². The second-order valence-electron chi connectivity index (χ2n) is 3.99. The first-order valence-corrected chi connectivity index (χ1v) is 6.37. The van der Waals surface area contributed by atoms with Crippen molar-refractivity contribution in [3.8, 4) is 21.7 Å². The van der Waals surface area contributed by atoms with Gasteiger partial charge in [0.25, 0.3) is 0 Å². The smallest absolute Gasteiger partial charge is 0.154 e. The normalized spacial score (nSPS) is 10.8. The van der Waals surface area contributed by atoms with Crippen LogP contribution in [0.3, 0.4) is 0 Å². The van der Waals surface area contributed by atoms with Gasteiger partial charge in [-0.2, -0.15) is 5.10 Å². The van der Waals surface area contributed by atoms with Crippen LogP contribution in [-0.4, -0.2) is 10.2 Å². The molecule has 3 nitrogen and oxygen atoms in total. The van der Waals surface area contributed by atoms with E-state index in [9.17, 15) is 8.78 Å². The van der Waals surface area contributed by atoms with Crippen LogP contribution in [0.25, 0.3) is 21.7 Å². The molecule has 0 bridgehead atoms. The SMILES string of the molecule is Nc1n[nH]c(-c2cc(F)cc(F)c2)c1-c1cccs1. The number of nitrogen functional groups attached to an aromatic ring is 1. The number of halogens is 2. The Bertz CT molecular complexity index is 699. The Balaban J connectivity index is 2.21. The molecule has 3 N–H and O–H groups in total. The van der Waals surface area contributed by atoms with Crippen LogP contribution in [0.1, 0.15) is 0 Å². The molecule has 3 rings (SSSR count). The number of rotatable bonds is 2. The van der Waals surface area contributed by atoms with Gasteiger partial charge in [0.1, 0.15) is 11.6 Å². The predicted molar refractivity (Wildman–Crippen MR) is 71.7 cm³/mol. The quantitative estimate of drug-likeness (QED) is 0.751. The van der Waals surface area contributed by atoms with Gasteiger partial charge in [0.05, 0.1) is 11.3 Å². The van der Waals surface area contributed by atoms with Gasteiger partial charge in [0, 0.05) is 16.5 Å². The van der Waals surface area contributed by atoms with Crippen LogP contribution in [0.15, 0.2) is 35.7 Å².